The van der Waals surface area contributed by atoms with Crippen LogP contribution in [-0.2, 0) is 16.0 Å². The molecule has 0 fully saturated rings. The Labute approximate surface area is 141 Å². The summed E-state index contributed by atoms with van der Waals surface area (Å²) in [7, 11) is 0. The summed E-state index contributed by atoms with van der Waals surface area (Å²) in [5.74, 6) is -1.64. The highest BCUT2D eigenvalue weighted by molar-refractivity contribution is 6.42. The summed E-state index contributed by atoms with van der Waals surface area (Å²) in [5, 5.41) is 3.24. The standard InChI is InChI=1S/C16H10Cl2FNO3/c17-12-4-2-10(7-13(12)18)20-15(21)14-6-8-5-9(19)1-3-11(8)16(22)23-14/h1-5,7,14H,6H2,(H,20,21). The van der Waals surface area contributed by atoms with Crippen molar-refractivity contribution in [3.63, 3.8) is 0 Å². The van der Waals surface area contributed by atoms with Crippen molar-refractivity contribution in [3.8, 4) is 0 Å². The lowest BCUT2D eigenvalue weighted by Crippen LogP contribution is -2.38. The summed E-state index contributed by atoms with van der Waals surface area (Å²) < 4.78 is 18.4. The van der Waals surface area contributed by atoms with Gasteiger partial charge in [0.15, 0.2) is 6.10 Å². The third kappa shape index (κ3) is 3.30. The molecule has 2 aromatic rings. The van der Waals surface area contributed by atoms with Crippen LogP contribution >= 0.6 is 23.2 Å². The van der Waals surface area contributed by atoms with Crippen molar-refractivity contribution in [1.29, 1.82) is 0 Å². The van der Waals surface area contributed by atoms with E-state index in [0.717, 1.165) is 0 Å². The Hall–Kier alpha value is -2.11. The molecule has 3 rings (SSSR count). The molecular weight excluding hydrogens is 344 g/mol. The number of ether oxygens (including phenoxy) is 1. The number of hydrogen-bond acceptors (Lipinski definition) is 3. The number of nitrogens with one attached hydrogen (secondary N) is 1. The van der Waals surface area contributed by atoms with Crippen LogP contribution in [0.15, 0.2) is 36.4 Å². The molecule has 0 saturated carbocycles. The van der Waals surface area contributed by atoms with Crippen molar-refractivity contribution in [3.05, 3.63) is 63.4 Å². The number of rotatable bonds is 2. The van der Waals surface area contributed by atoms with E-state index in [-0.39, 0.29) is 17.0 Å². The molecule has 0 aliphatic carbocycles. The van der Waals surface area contributed by atoms with E-state index in [0.29, 0.717) is 16.3 Å². The Morgan fingerprint density at radius 1 is 1.17 bits per heavy atom. The van der Waals surface area contributed by atoms with Gasteiger partial charge in [0.2, 0.25) is 0 Å². The zero-order chi connectivity index (χ0) is 16.6. The summed E-state index contributed by atoms with van der Waals surface area (Å²) in [6.45, 7) is 0. The topological polar surface area (TPSA) is 55.4 Å². The molecule has 118 valence electrons. The highest BCUT2D eigenvalue weighted by Gasteiger charge is 2.31. The van der Waals surface area contributed by atoms with Crippen LogP contribution < -0.4 is 5.32 Å². The molecule has 23 heavy (non-hydrogen) atoms. The van der Waals surface area contributed by atoms with Crippen molar-refractivity contribution in [1.82, 2.24) is 0 Å². The SMILES string of the molecule is O=C1OC(C(=O)Nc2ccc(Cl)c(Cl)c2)Cc2cc(F)ccc21. The smallest absolute Gasteiger partial charge is 0.339 e. The van der Waals surface area contributed by atoms with E-state index in [2.05, 4.69) is 5.32 Å². The average molecular weight is 354 g/mol. The third-order valence-electron chi connectivity index (χ3n) is 3.42. The molecule has 0 saturated heterocycles. The van der Waals surface area contributed by atoms with Crippen molar-refractivity contribution >= 4 is 40.8 Å². The number of carbonyl (C=O) groups excluding carboxylic acids is 2. The van der Waals surface area contributed by atoms with Crippen LogP contribution in [0.25, 0.3) is 0 Å². The molecule has 0 bridgehead atoms. The lowest BCUT2D eigenvalue weighted by atomic mass is 9.98. The molecule has 1 amide bonds. The number of carbonyl (C=O) groups is 2. The number of cyclic esters (lactones) is 1. The maximum atomic E-state index is 13.3. The van der Waals surface area contributed by atoms with E-state index < -0.39 is 23.8 Å². The van der Waals surface area contributed by atoms with Crippen molar-refractivity contribution in [2.45, 2.75) is 12.5 Å². The fourth-order valence-corrected chi connectivity index (χ4v) is 2.61. The first kappa shape index (κ1) is 15.8. The second-order valence-electron chi connectivity index (χ2n) is 5.02. The lowest BCUT2D eigenvalue weighted by Gasteiger charge is -2.24. The van der Waals surface area contributed by atoms with Gasteiger partial charge in [0, 0.05) is 12.1 Å². The Morgan fingerprint density at radius 2 is 1.96 bits per heavy atom. The molecule has 0 spiro atoms. The van der Waals surface area contributed by atoms with Crippen molar-refractivity contribution < 1.29 is 18.7 Å². The molecule has 4 nitrogen and oxygen atoms in total. The highest BCUT2D eigenvalue weighted by Crippen LogP contribution is 2.26. The van der Waals surface area contributed by atoms with Crippen LogP contribution in [0.1, 0.15) is 15.9 Å². The van der Waals surface area contributed by atoms with Gasteiger partial charge in [-0.05, 0) is 42.0 Å². The van der Waals surface area contributed by atoms with Crippen LogP contribution in [-0.4, -0.2) is 18.0 Å². The van der Waals surface area contributed by atoms with E-state index in [4.69, 9.17) is 27.9 Å². The molecule has 2 aromatic carbocycles. The first-order chi connectivity index (χ1) is 10.9. The Bertz CT molecular complexity index is 810. The minimum absolute atomic E-state index is 0.103. The monoisotopic (exact) mass is 353 g/mol. The number of anilines is 1. The molecule has 1 unspecified atom stereocenters. The fraction of sp³-hybridized carbons (Fsp3) is 0.125. The summed E-state index contributed by atoms with van der Waals surface area (Å²) in [6.07, 6.45) is -0.933. The summed E-state index contributed by atoms with van der Waals surface area (Å²) in [5.41, 5.74) is 1.13. The van der Waals surface area contributed by atoms with Gasteiger partial charge in [0.25, 0.3) is 5.91 Å². The predicted octanol–water partition coefficient (Wildman–Crippen LogP) is 3.85. The molecule has 1 N–H and O–H groups in total. The minimum Gasteiger partial charge on any atom is -0.448 e. The molecule has 1 aliphatic heterocycles. The normalized spacial score (nSPS) is 16.5. The number of halogens is 3. The second kappa shape index (κ2) is 6.18. The van der Waals surface area contributed by atoms with Crippen LogP contribution in [0.3, 0.4) is 0 Å². The average Bonchev–Trinajstić information content (AvgIpc) is 2.50. The van der Waals surface area contributed by atoms with Gasteiger partial charge in [-0.3, -0.25) is 4.79 Å². The molecule has 0 radical (unpaired) electrons. The lowest BCUT2D eigenvalue weighted by molar-refractivity contribution is -0.125. The van der Waals surface area contributed by atoms with Crippen LogP contribution in [0, 0.1) is 5.82 Å². The third-order valence-corrected chi connectivity index (χ3v) is 4.16. The Balaban J connectivity index is 1.78. The molecule has 0 aromatic heterocycles. The van der Waals surface area contributed by atoms with Crippen LogP contribution in [0.5, 0.6) is 0 Å². The molecule has 7 heteroatoms. The number of esters is 1. The maximum absolute atomic E-state index is 13.3. The first-order valence-electron chi connectivity index (χ1n) is 6.69. The Kier molecular flexibility index (Phi) is 4.24. The van der Waals surface area contributed by atoms with Crippen molar-refractivity contribution in [2.75, 3.05) is 5.32 Å². The fourth-order valence-electron chi connectivity index (χ4n) is 2.31. The quantitative estimate of drug-likeness (QED) is 0.834. The molecule has 1 heterocycles. The largest absolute Gasteiger partial charge is 0.448 e. The highest BCUT2D eigenvalue weighted by atomic mass is 35.5. The molecule has 1 aliphatic rings. The molecule has 1 atom stereocenters. The van der Waals surface area contributed by atoms with Crippen molar-refractivity contribution in [2.24, 2.45) is 0 Å². The molecular formula is C16H10Cl2FNO3. The minimum atomic E-state index is -1.04. The maximum Gasteiger partial charge on any atom is 0.339 e. The zero-order valence-corrected chi connectivity index (χ0v) is 13.1. The van der Waals surface area contributed by atoms with Gasteiger partial charge in [-0.1, -0.05) is 23.2 Å². The van der Waals surface area contributed by atoms with Crippen LogP contribution in [0.4, 0.5) is 10.1 Å². The van der Waals surface area contributed by atoms with Gasteiger partial charge in [-0.2, -0.15) is 0 Å². The van der Waals surface area contributed by atoms with E-state index in [1.807, 2.05) is 0 Å². The van der Waals surface area contributed by atoms with Gasteiger partial charge in [-0.15, -0.1) is 0 Å². The van der Waals surface area contributed by atoms with Gasteiger partial charge in [-0.25, -0.2) is 9.18 Å². The van der Waals surface area contributed by atoms with Gasteiger partial charge in [0.05, 0.1) is 15.6 Å². The predicted molar refractivity (Wildman–Crippen MR) is 84.4 cm³/mol. The van der Waals surface area contributed by atoms with E-state index >= 15 is 0 Å². The number of fused-ring (bicyclic) bond motifs is 1. The number of hydrogen-bond donors (Lipinski definition) is 1. The van der Waals surface area contributed by atoms with Gasteiger partial charge in [0.1, 0.15) is 5.82 Å². The van der Waals surface area contributed by atoms with E-state index in [9.17, 15) is 14.0 Å². The summed E-state index contributed by atoms with van der Waals surface area (Å²) in [6, 6.07) is 8.35. The van der Waals surface area contributed by atoms with E-state index in [1.54, 1.807) is 6.07 Å². The first-order valence-corrected chi connectivity index (χ1v) is 7.45. The zero-order valence-electron chi connectivity index (χ0n) is 11.6. The van der Waals surface area contributed by atoms with Crippen LogP contribution in [0.2, 0.25) is 10.0 Å². The van der Waals surface area contributed by atoms with Gasteiger partial charge < -0.3 is 10.1 Å². The second-order valence-corrected chi connectivity index (χ2v) is 5.83. The summed E-state index contributed by atoms with van der Waals surface area (Å²) >= 11 is 11.7. The Morgan fingerprint density at radius 3 is 2.70 bits per heavy atom. The number of amides is 1. The number of benzene rings is 2. The summed E-state index contributed by atoms with van der Waals surface area (Å²) in [4.78, 5) is 24.1. The van der Waals surface area contributed by atoms with Gasteiger partial charge >= 0.3 is 5.97 Å². The van der Waals surface area contributed by atoms with E-state index in [1.165, 1.54) is 30.3 Å².